The van der Waals surface area contributed by atoms with Gasteiger partial charge in [-0.2, -0.15) is 0 Å². The first-order chi connectivity index (χ1) is 6.83. The van der Waals surface area contributed by atoms with E-state index in [-0.39, 0.29) is 0 Å². The third kappa shape index (κ3) is 4.61. The molecular weight excluding hydrogens is 174 g/mol. The van der Waals surface area contributed by atoms with Crippen LogP contribution < -0.4 is 5.32 Å². The quantitative estimate of drug-likeness (QED) is 0.632. The van der Waals surface area contributed by atoms with E-state index in [0.29, 0.717) is 0 Å². The summed E-state index contributed by atoms with van der Waals surface area (Å²) in [5.41, 5.74) is 0. The normalized spacial score (nSPS) is 19.0. The van der Waals surface area contributed by atoms with Gasteiger partial charge >= 0.3 is 0 Å². The van der Waals surface area contributed by atoms with E-state index < -0.39 is 0 Å². The molecule has 0 atom stereocenters. The Morgan fingerprint density at radius 3 is 2.50 bits per heavy atom. The highest BCUT2D eigenvalue weighted by atomic mass is 15.2. The first-order valence-electron chi connectivity index (χ1n) is 5.34. The van der Waals surface area contributed by atoms with E-state index >= 15 is 0 Å². The molecule has 1 N–H and O–H groups in total. The van der Waals surface area contributed by atoms with Gasteiger partial charge in [0.05, 0.1) is 6.54 Å². The van der Waals surface area contributed by atoms with Crippen molar-refractivity contribution in [3.05, 3.63) is 0 Å². The predicted molar refractivity (Wildman–Crippen MR) is 60.3 cm³/mol. The van der Waals surface area contributed by atoms with E-state index in [0.717, 1.165) is 19.5 Å². The lowest BCUT2D eigenvalue weighted by atomic mass is 10.3. The molecule has 1 rings (SSSR count). The van der Waals surface area contributed by atoms with Gasteiger partial charge in [-0.1, -0.05) is 5.92 Å². The number of hydrogen-bond donors (Lipinski definition) is 1. The van der Waals surface area contributed by atoms with Crippen LogP contribution in [0.15, 0.2) is 0 Å². The summed E-state index contributed by atoms with van der Waals surface area (Å²) in [6.45, 7) is 6.73. The van der Waals surface area contributed by atoms with Gasteiger partial charge in [0.2, 0.25) is 0 Å². The maximum absolute atomic E-state index is 3.18. The highest BCUT2D eigenvalue weighted by molar-refractivity contribution is 5.00. The Morgan fingerprint density at radius 2 is 1.86 bits per heavy atom. The molecule has 3 heteroatoms. The summed E-state index contributed by atoms with van der Waals surface area (Å²) in [5, 5.41) is 3.02. The number of nitrogens with one attached hydrogen (secondary N) is 1. The summed E-state index contributed by atoms with van der Waals surface area (Å²) in [4.78, 5) is 4.87. The van der Waals surface area contributed by atoms with E-state index in [4.69, 9.17) is 0 Å². The molecule has 0 radical (unpaired) electrons. The van der Waals surface area contributed by atoms with E-state index in [2.05, 4.69) is 34.0 Å². The van der Waals surface area contributed by atoms with Crippen LogP contribution in [0.1, 0.15) is 6.42 Å². The first-order valence-corrected chi connectivity index (χ1v) is 5.34. The van der Waals surface area contributed by atoms with Crippen molar-refractivity contribution in [1.82, 2.24) is 15.1 Å². The lowest BCUT2D eigenvalue weighted by molar-refractivity contribution is 0.157. The van der Waals surface area contributed by atoms with Crippen LogP contribution in [0.4, 0.5) is 0 Å². The van der Waals surface area contributed by atoms with Crippen LogP contribution in [0, 0.1) is 11.8 Å². The summed E-state index contributed by atoms with van der Waals surface area (Å²) in [7, 11) is 4.11. The van der Waals surface area contributed by atoms with Gasteiger partial charge in [0, 0.05) is 39.1 Å². The molecule has 1 heterocycles. The van der Waals surface area contributed by atoms with E-state index in [9.17, 15) is 0 Å². The van der Waals surface area contributed by atoms with Crippen LogP contribution in [-0.2, 0) is 0 Å². The van der Waals surface area contributed by atoms with Crippen molar-refractivity contribution in [2.24, 2.45) is 0 Å². The second-order valence-electron chi connectivity index (χ2n) is 3.78. The van der Waals surface area contributed by atoms with Crippen LogP contribution in [0.3, 0.4) is 0 Å². The summed E-state index contributed by atoms with van der Waals surface area (Å²) in [6.07, 6.45) is 1.01. The molecule has 80 valence electrons. The minimum Gasteiger partial charge on any atom is -0.309 e. The number of hydrogen-bond acceptors (Lipinski definition) is 3. The van der Waals surface area contributed by atoms with Crippen LogP contribution >= 0.6 is 0 Å². The zero-order valence-corrected chi connectivity index (χ0v) is 9.34. The monoisotopic (exact) mass is 195 g/mol. The van der Waals surface area contributed by atoms with Gasteiger partial charge in [-0.15, -0.1) is 5.92 Å². The minimum atomic E-state index is 0.808. The fourth-order valence-electron chi connectivity index (χ4n) is 1.52. The lowest BCUT2D eigenvalue weighted by Crippen LogP contribution is -2.44. The predicted octanol–water partition coefficient (Wildman–Crippen LogP) is -0.153. The molecule has 0 aliphatic carbocycles. The number of piperazine rings is 1. The Morgan fingerprint density at radius 1 is 1.14 bits per heavy atom. The third-order valence-electron chi connectivity index (χ3n) is 2.54. The highest BCUT2D eigenvalue weighted by Gasteiger charge is 2.11. The van der Waals surface area contributed by atoms with Crippen molar-refractivity contribution in [3.8, 4) is 11.8 Å². The molecule has 3 nitrogen and oxygen atoms in total. The fraction of sp³-hybridized carbons (Fsp3) is 0.818. The molecule has 1 aliphatic heterocycles. The van der Waals surface area contributed by atoms with Crippen LogP contribution in [-0.4, -0.2) is 63.2 Å². The average molecular weight is 195 g/mol. The van der Waals surface area contributed by atoms with Gasteiger partial charge in [0.25, 0.3) is 0 Å². The van der Waals surface area contributed by atoms with Crippen molar-refractivity contribution in [3.63, 3.8) is 0 Å². The van der Waals surface area contributed by atoms with Crippen molar-refractivity contribution >= 4 is 0 Å². The minimum absolute atomic E-state index is 0.808. The average Bonchev–Trinajstić information content (AvgIpc) is 2.21. The fourth-order valence-corrected chi connectivity index (χ4v) is 1.52. The van der Waals surface area contributed by atoms with Crippen LogP contribution in [0.2, 0.25) is 0 Å². The standard InChI is InChI=1S/C11H21N3/c1-12-6-4-3-5-7-14-10-8-13(2)9-11-14/h12H,5-11H2,1-2H3. The molecule has 0 bridgehead atoms. The topological polar surface area (TPSA) is 18.5 Å². The Kier molecular flexibility index (Phi) is 5.62. The maximum Gasteiger partial charge on any atom is 0.0574 e. The Hall–Kier alpha value is -0.560. The summed E-state index contributed by atoms with van der Waals surface area (Å²) >= 11 is 0. The second-order valence-corrected chi connectivity index (χ2v) is 3.78. The summed E-state index contributed by atoms with van der Waals surface area (Å²) in [5.74, 6) is 6.26. The largest absolute Gasteiger partial charge is 0.309 e. The van der Waals surface area contributed by atoms with Crippen molar-refractivity contribution < 1.29 is 0 Å². The van der Waals surface area contributed by atoms with Crippen molar-refractivity contribution in [2.45, 2.75) is 6.42 Å². The smallest absolute Gasteiger partial charge is 0.0574 e. The van der Waals surface area contributed by atoms with Gasteiger partial charge in [-0.3, -0.25) is 4.90 Å². The molecule has 0 aromatic heterocycles. The SMILES string of the molecule is CNCC#CCCN1CCN(C)CC1. The number of rotatable bonds is 3. The molecule has 1 aliphatic rings. The Balaban J connectivity index is 2.05. The Labute approximate surface area is 87.5 Å². The summed E-state index contributed by atoms with van der Waals surface area (Å²) < 4.78 is 0. The third-order valence-corrected chi connectivity index (χ3v) is 2.54. The first kappa shape index (κ1) is 11.5. The van der Waals surface area contributed by atoms with Gasteiger partial charge in [-0.05, 0) is 14.1 Å². The zero-order valence-electron chi connectivity index (χ0n) is 9.34. The lowest BCUT2D eigenvalue weighted by Gasteiger charge is -2.31. The number of nitrogens with zero attached hydrogens (tertiary/aromatic N) is 2. The van der Waals surface area contributed by atoms with Gasteiger partial charge in [0.1, 0.15) is 0 Å². The summed E-state index contributed by atoms with van der Waals surface area (Å²) in [6, 6.07) is 0. The van der Waals surface area contributed by atoms with Gasteiger partial charge < -0.3 is 10.2 Å². The van der Waals surface area contributed by atoms with Crippen LogP contribution in [0.5, 0.6) is 0 Å². The van der Waals surface area contributed by atoms with Crippen molar-refractivity contribution in [1.29, 1.82) is 0 Å². The van der Waals surface area contributed by atoms with Gasteiger partial charge in [0.15, 0.2) is 0 Å². The van der Waals surface area contributed by atoms with Crippen LogP contribution in [0.25, 0.3) is 0 Å². The molecule has 1 fully saturated rings. The molecule has 0 saturated carbocycles. The molecule has 1 saturated heterocycles. The van der Waals surface area contributed by atoms with E-state index in [1.165, 1.54) is 26.2 Å². The van der Waals surface area contributed by atoms with Crippen molar-refractivity contribution in [2.75, 3.05) is 53.4 Å². The van der Waals surface area contributed by atoms with E-state index in [1.807, 2.05) is 7.05 Å². The zero-order chi connectivity index (χ0) is 10.2. The molecule has 0 aromatic carbocycles. The molecular formula is C11H21N3. The van der Waals surface area contributed by atoms with Gasteiger partial charge in [-0.25, -0.2) is 0 Å². The molecule has 14 heavy (non-hydrogen) atoms. The maximum atomic E-state index is 3.18. The molecule has 0 unspecified atom stereocenters. The molecule has 0 aromatic rings. The van der Waals surface area contributed by atoms with E-state index in [1.54, 1.807) is 0 Å². The second kappa shape index (κ2) is 6.83. The Bertz CT molecular complexity index is 196. The highest BCUT2D eigenvalue weighted by Crippen LogP contribution is 1.99. The molecule has 0 spiro atoms. The molecule has 0 amide bonds. The number of likely N-dealkylation sites (N-methyl/N-ethyl adjacent to an activating group) is 1.